The zero-order valence-electron chi connectivity index (χ0n) is 17.1. The number of aliphatic hydroxyl groups is 2. The van der Waals surface area contributed by atoms with Gasteiger partial charge in [-0.2, -0.15) is 0 Å². The normalized spacial score (nSPS) is 25.6. The predicted octanol–water partition coefficient (Wildman–Crippen LogP) is 1.36. The molecule has 2 aliphatic rings. The van der Waals surface area contributed by atoms with E-state index < -0.39 is 29.5 Å². The highest BCUT2D eigenvalue weighted by molar-refractivity contribution is 8.02. The number of aliphatic carboxylic acids is 1. The average Bonchev–Trinajstić information content (AvgIpc) is 2.75. The summed E-state index contributed by atoms with van der Waals surface area (Å²) in [6, 6.07) is 17.8. The number of hydrazine groups is 1. The van der Waals surface area contributed by atoms with E-state index in [9.17, 15) is 15.0 Å². The number of hydrogen-bond acceptors (Lipinski definition) is 8. The van der Waals surface area contributed by atoms with Gasteiger partial charge in [0.05, 0.1) is 34.9 Å². The number of nitrogens with two attached hydrogens (primary N) is 2. The van der Waals surface area contributed by atoms with Crippen LogP contribution in [0.2, 0.25) is 0 Å². The molecule has 4 rings (SSSR count). The second kappa shape index (κ2) is 9.25. The van der Waals surface area contributed by atoms with Crippen LogP contribution < -0.4 is 11.6 Å². The highest BCUT2D eigenvalue weighted by Crippen LogP contribution is 2.46. The SMILES string of the molecule is N/C(=C\N(N)CC(O)C1SC2C(O)C=C(C(=O)O)OC21)c1ccc(-c2ccccc2)cc1. The summed E-state index contributed by atoms with van der Waals surface area (Å²) in [5.41, 5.74) is 9.60. The third-order valence-corrected chi connectivity index (χ3v) is 7.26. The number of benzene rings is 2. The van der Waals surface area contributed by atoms with Gasteiger partial charge in [-0.25, -0.2) is 10.6 Å². The number of aliphatic hydroxyl groups excluding tert-OH is 2. The van der Waals surface area contributed by atoms with E-state index in [1.165, 1.54) is 22.8 Å². The van der Waals surface area contributed by atoms with Crippen LogP contribution in [-0.4, -0.2) is 61.7 Å². The molecule has 5 atom stereocenters. The topological polar surface area (TPSA) is 142 Å². The van der Waals surface area contributed by atoms with Crippen LogP contribution >= 0.6 is 11.8 Å². The fraction of sp³-hybridized carbons (Fsp3) is 0.261. The fourth-order valence-electron chi connectivity index (χ4n) is 3.82. The Morgan fingerprint density at radius 3 is 2.47 bits per heavy atom. The first kappa shape index (κ1) is 22.2. The standard InChI is InChI=1S/C23H25N3O5S/c24-16(15-8-6-14(7-9-15)13-4-2-1-3-5-13)11-26(25)12-18(28)22-20-21(32-22)17(27)10-19(31-20)23(29)30/h1-11,17-18,20-22,27-28H,12,24-25H2,(H,29,30)/b16-11-. The van der Waals surface area contributed by atoms with Gasteiger partial charge in [0.1, 0.15) is 6.10 Å². The Hall–Kier alpha value is -2.98. The van der Waals surface area contributed by atoms with Crippen LogP contribution in [0.4, 0.5) is 0 Å². The van der Waals surface area contributed by atoms with E-state index >= 15 is 0 Å². The van der Waals surface area contributed by atoms with Crippen LogP contribution in [0.1, 0.15) is 5.56 Å². The summed E-state index contributed by atoms with van der Waals surface area (Å²) in [6.07, 6.45) is 0.288. The Balaban J connectivity index is 1.36. The molecule has 0 aromatic heterocycles. The van der Waals surface area contributed by atoms with E-state index in [0.29, 0.717) is 5.70 Å². The molecule has 8 nitrogen and oxygen atoms in total. The minimum atomic E-state index is -1.25. The van der Waals surface area contributed by atoms with Crippen molar-refractivity contribution in [1.29, 1.82) is 0 Å². The van der Waals surface area contributed by atoms with Gasteiger partial charge in [-0.1, -0.05) is 54.6 Å². The molecule has 9 heteroatoms. The summed E-state index contributed by atoms with van der Waals surface area (Å²) in [5.74, 6) is 4.48. The quantitative estimate of drug-likeness (QED) is 0.309. The van der Waals surface area contributed by atoms with E-state index in [-0.39, 0.29) is 17.6 Å². The maximum Gasteiger partial charge on any atom is 0.370 e. The Kier molecular flexibility index (Phi) is 6.43. The van der Waals surface area contributed by atoms with Gasteiger partial charge < -0.3 is 30.8 Å². The summed E-state index contributed by atoms with van der Waals surface area (Å²) in [6.45, 7) is 0.0647. The van der Waals surface area contributed by atoms with E-state index in [2.05, 4.69) is 0 Å². The molecular formula is C23H25N3O5S. The lowest BCUT2D eigenvalue weighted by molar-refractivity contribution is -0.139. The molecule has 1 fully saturated rings. The summed E-state index contributed by atoms with van der Waals surface area (Å²) in [5, 5.41) is 30.3. The Bertz CT molecular complexity index is 1030. The first-order valence-corrected chi connectivity index (χ1v) is 11.1. The van der Waals surface area contributed by atoms with Crippen molar-refractivity contribution in [3.05, 3.63) is 78.2 Å². The summed E-state index contributed by atoms with van der Waals surface area (Å²) < 4.78 is 5.45. The van der Waals surface area contributed by atoms with Gasteiger partial charge in [-0.3, -0.25) is 0 Å². The largest absolute Gasteiger partial charge is 0.481 e. The van der Waals surface area contributed by atoms with Crippen LogP contribution in [0.5, 0.6) is 0 Å². The number of hydrogen-bond donors (Lipinski definition) is 5. The maximum absolute atomic E-state index is 11.2. The number of carboxylic acids is 1. The van der Waals surface area contributed by atoms with Gasteiger partial charge in [0.25, 0.3) is 0 Å². The third-order valence-electron chi connectivity index (χ3n) is 5.50. The van der Waals surface area contributed by atoms with E-state index in [1.54, 1.807) is 6.20 Å². The van der Waals surface area contributed by atoms with Crippen molar-refractivity contribution in [3.8, 4) is 11.1 Å². The molecule has 1 saturated heterocycles. The van der Waals surface area contributed by atoms with Crippen molar-refractivity contribution in [2.45, 2.75) is 28.8 Å². The zero-order valence-corrected chi connectivity index (χ0v) is 17.9. The smallest absolute Gasteiger partial charge is 0.370 e. The number of rotatable bonds is 7. The molecule has 0 radical (unpaired) electrons. The monoisotopic (exact) mass is 455 g/mol. The molecule has 0 aliphatic carbocycles. The molecular weight excluding hydrogens is 430 g/mol. The number of thioether (sulfide) groups is 1. The minimum Gasteiger partial charge on any atom is -0.481 e. The number of carboxylic acid groups (broad SMARTS) is 1. The lowest BCUT2D eigenvalue weighted by atomic mass is 9.99. The van der Waals surface area contributed by atoms with Crippen LogP contribution in [0.15, 0.2) is 72.6 Å². The first-order valence-electron chi connectivity index (χ1n) is 10.1. The Labute approximate surface area is 189 Å². The van der Waals surface area contributed by atoms with Gasteiger partial charge in [0, 0.05) is 6.20 Å². The second-order valence-corrected chi connectivity index (χ2v) is 9.13. The van der Waals surface area contributed by atoms with Gasteiger partial charge in [-0.05, 0) is 22.8 Å². The first-order chi connectivity index (χ1) is 15.3. The van der Waals surface area contributed by atoms with E-state index in [1.807, 2.05) is 54.6 Å². The Morgan fingerprint density at radius 2 is 1.81 bits per heavy atom. The number of nitrogens with zero attached hydrogens (tertiary/aromatic N) is 1. The second-order valence-electron chi connectivity index (χ2n) is 7.77. The molecule has 32 heavy (non-hydrogen) atoms. The predicted molar refractivity (Wildman–Crippen MR) is 123 cm³/mol. The van der Waals surface area contributed by atoms with E-state index in [4.69, 9.17) is 21.4 Å². The number of fused-ring (bicyclic) bond motifs is 1. The highest BCUT2D eigenvalue weighted by atomic mass is 32.2. The van der Waals surface area contributed by atoms with Gasteiger partial charge >= 0.3 is 5.97 Å². The Morgan fingerprint density at radius 1 is 1.16 bits per heavy atom. The van der Waals surface area contributed by atoms with E-state index in [0.717, 1.165) is 16.7 Å². The zero-order chi connectivity index (χ0) is 22.8. The van der Waals surface area contributed by atoms with Crippen molar-refractivity contribution in [2.75, 3.05) is 6.54 Å². The highest BCUT2D eigenvalue weighted by Gasteiger charge is 2.53. The molecule has 2 aromatic carbocycles. The van der Waals surface area contributed by atoms with Crippen molar-refractivity contribution >= 4 is 23.4 Å². The molecule has 0 saturated carbocycles. The molecule has 168 valence electrons. The molecule has 2 aromatic rings. The summed E-state index contributed by atoms with van der Waals surface area (Å²) in [4.78, 5) is 11.2. The van der Waals surface area contributed by atoms with Crippen LogP contribution in [0.25, 0.3) is 16.8 Å². The summed E-state index contributed by atoms with van der Waals surface area (Å²) >= 11 is 1.35. The number of ether oxygens (including phenoxy) is 1. The lowest BCUT2D eigenvalue weighted by Gasteiger charge is -2.49. The fourth-order valence-corrected chi connectivity index (χ4v) is 5.18. The van der Waals surface area contributed by atoms with Crippen LogP contribution in [-0.2, 0) is 9.53 Å². The molecule has 0 bridgehead atoms. The molecule has 7 N–H and O–H groups in total. The van der Waals surface area contributed by atoms with Gasteiger partial charge in [0.2, 0.25) is 5.76 Å². The summed E-state index contributed by atoms with van der Waals surface area (Å²) in [7, 11) is 0. The van der Waals surface area contributed by atoms with Crippen molar-refractivity contribution in [2.24, 2.45) is 11.6 Å². The van der Waals surface area contributed by atoms with Gasteiger partial charge in [0.15, 0.2) is 0 Å². The average molecular weight is 456 g/mol. The van der Waals surface area contributed by atoms with Crippen molar-refractivity contribution in [1.82, 2.24) is 5.01 Å². The van der Waals surface area contributed by atoms with Crippen molar-refractivity contribution < 1.29 is 24.9 Å². The van der Waals surface area contributed by atoms with Crippen LogP contribution in [0.3, 0.4) is 0 Å². The lowest BCUT2D eigenvalue weighted by Crippen LogP contribution is -2.60. The minimum absolute atomic E-state index is 0.0647. The van der Waals surface area contributed by atoms with Gasteiger partial charge in [-0.15, -0.1) is 11.8 Å². The molecule has 5 unspecified atom stereocenters. The molecule has 2 aliphatic heterocycles. The third kappa shape index (κ3) is 4.61. The molecule has 0 amide bonds. The van der Waals surface area contributed by atoms with Crippen molar-refractivity contribution in [3.63, 3.8) is 0 Å². The number of carbonyl (C=O) groups is 1. The molecule has 2 heterocycles. The maximum atomic E-state index is 11.2. The molecule has 0 spiro atoms. The van der Waals surface area contributed by atoms with Crippen LogP contribution in [0, 0.1) is 0 Å².